The number of benzene rings is 1. The van der Waals surface area contributed by atoms with E-state index < -0.39 is 0 Å². The van der Waals surface area contributed by atoms with Crippen LogP contribution in [0.25, 0.3) is 6.08 Å². The first-order chi connectivity index (χ1) is 10.3. The van der Waals surface area contributed by atoms with Crippen molar-refractivity contribution in [3.63, 3.8) is 0 Å². The predicted octanol–water partition coefficient (Wildman–Crippen LogP) is 0.620. The minimum absolute atomic E-state index is 0.0404. The second-order valence-electron chi connectivity index (χ2n) is 5.68. The van der Waals surface area contributed by atoms with E-state index in [-0.39, 0.29) is 37.6 Å². The monoisotopic (exact) mass is 290 g/mol. The van der Waals surface area contributed by atoms with Gasteiger partial charge >= 0.3 is 0 Å². The lowest BCUT2D eigenvalue weighted by Gasteiger charge is -2.11. The average molecular weight is 290 g/mol. The number of ether oxygens (including phenoxy) is 3. The van der Waals surface area contributed by atoms with E-state index in [1.165, 1.54) is 0 Å². The highest BCUT2D eigenvalue weighted by Crippen LogP contribution is 2.43. The van der Waals surface area contributed by atoms with Crippen LogP contribution >= 0.6 is 0 Å². The highest BCUT2D eigenvalue weighted by molar-refractivity contribution is 5.63. The van der Waals surface area contributed by atoms with E-state index in [0.29, 0.717) is 13.2 Å². The highest BCUT2D eigenvalue weighted by atomic mass is 16.7. The quantitative estimate of drug-likeness (QED) is 0.798. The molecule has 0 bridgehead atoms. The Morgan fingerprint density at radius 1 is 1.00 bits per heavy atom. The number of aliphatic hydroxyl groups is 2. The number of hydrogen-bond acceptors (Lipinski definition) is 5. The van der Waals surface area contributed by atoms with Crippen LogP contribution in [-0.4, -0.2) is 47.8 Å². The number of fused-ring (bicyclic) bond motifs is 2. The van der Waals surface area contributed by atoms with Gasteiger partial charge in [-0.15, -0.1) is 0 Å². The van der Waals surface area contributed by atoms with Gasteiger partial charge in [0.25, 0.3) is 0 Å². The van der Waals surface area contributed by atoms with Gasteiger partial charge in [0.2, 0.25) is 0 Å². The highest BCUT2D eigenvalue weighted by Gasteiger charge is 2.54. The molecule has 0 saturated carbocycles. The molecule has 3 heterocycles. The summed E-state index contributed by atoms with van der Waals surface area (Å²) in [6.45, 7) is 1.09. The molecular formula is C16H18O5. The molecule has 4 atom stereocenters. The van der Waals surface area contributed by atoms with Gasteiger partial charge in [-0.3, -0.25) is 0 Å². The summed E-state index contributed by atoms with van der Waals surface area (Å²) in [5.41, 5.74) is 3.59. The fourth-order valence-electron chi connectivity index (χ4n) is 3.05. The first-order valence-electron chi connectivity index (χ1n) is 7.24. The van der Waals surface area contributed by atoms with Gasteiger partial charge < -0.3 is 24.4 Å². The van der Waals surface area contributed by atoms with Crippen molar-refractivity contribution in [1.29, 1.82) is 0 Å². The Hall–Kier alpha value is -1.24. The molecule has 0 aliphatic carbocycles. The molecule has 3 aliphatic rings. The van der Waals surface area contributed by atoms with Gasteiger partial charge in [-0.05, 0) is 28.3 Å². The second-order valence-corrected chi connectivity index (χ2v) is 5.68. The molecule has 2 N–H and O–H groups in total. The summed E-state index contributed by atoms with van der Waals surface area (Å²) in [6.07, 6.45) is 2.33. The first kappa shape index (κ1) is 13.4. The van der Waals surface area contributed by atoms with Crippen molar-refractivity contribution in [2.24, 2.45) is 0 Å². The van der Waals surface area contributed by atoms with Crippen molar-refractivity contribution in [3.8, 4) is 0 Å². The summed E-state index contributed by atoms with van der Waals surface area (Å²) in [6, 6.07) is 5.58. The Kier molecular flexibility index (Phi) is 3.32. The molecule has 0 radical (unpaired) electrons. The molecule has 5 nitrogen and oxygen atoms in total. The fraction of sp³-hybridized carbons (Fsp3) is 0.500. The van der Waals surface area contributed by atoms with Gasteiger partial charge in [0.15, 0.2) is 0 Å². The standard InChI is InChI=1S/C16H18O5/c17-5-9-2-1-3-10(6-18)11(9)4-12-15-13(20-15)7-19-8-14-16(12)21-14/h1-4,13-18H,5-8H2. The average Bonchev–Trinajstić information content (AvgIpc) is 3.41. The Labute approximate surface area is 122 Å². The Morgan fingerprint density at radius 3 is 2.10 bits per heavy atom. The van der Waals surface area contributed by atoms with Crippen molar-refractivity contribution in [2.45, 2.75) is 37.6 Å². The maximum Gasteiger partial charge on any atom is 0.112 e. The fourth-order valence-corrected chi connectivity index (χ4v) is 3.05. The first-order valence-corrected chi connectivity index (χ1v) is 7.24. The van der Waals surface area contributed by atoms with Crippen LogP contribution in [-0.2, 0) is 27.4 Å². The van der Waals surface area contributed by atoms with Crippen molar-refractivity contribution in [1.82, 2.24) is 0 Å². The van der Waals surface area contributed by atoms with Gasteiger partial charge in [-0.2, -0.15) is 0 Å². The van der Waals surface area contributed by atoms with Crippen LogP contribution in [0.3, 0.4) is 0 Å². The third-order valence-electron chi connectivity index (χ3n) is 4.32. The molecule has 3 aliphatic heterocycles. The summed E-state index contributed by atoms with van der Waals surface area (Å²) >= 11 is 0. The van der Waals surface area contributed by atoms with E-state index in [1.807, 2.05) is 24.3 Å². The SMILES string of the molecule is OCc1cccc(CO)c1C=C1C2OC2COCC2OC12. The van der Waals surface area contributed by atoms with E-state index in [1.54, 1.807) is 0 Å². The zero-order valence-electron chi connectivity index (χ0n) is 11.6. The maximum atomic E-state index is 9.53. The van der Waals surface area contributed by atoms with Crippen LogP contribution in [0, 0.1) is 0 Å². The van der Waals surface area contributed by atoms with Crippen LogP contribution in [0.5, 0.6) is 0 Å². The van der Waals surface area contributed by atoms with E-state index in [2.05, 4.69) is 0 Å². The number of rotatable bonds is 3. The maximum absolute atomic E-state index is 9.53. The van der Waals surface area contributed by atoms with Crippen LogP contribution in [0.1, 0.15) is 16.7 Å². The van der Waals surface area contributed by atoms with Gasteiger partial charge in [-0.1, -0.05) is 18.2 Å². The number of epoxide rings is 2. The molecule has 0 spiro atoms. The molecule has 4 unspecified atom stereocenters. The molecular weight excluding hydrogens is 272 g/mol. The smallest absolute Gasteiger partial charge is 0.112 e. The number of aliphatic hydroxyl groups excluding tert-OH is 2. The molecule has 112 valence electrons. The second kappa shape index (κ2) is 5.19. The Balaban J connectivity index is 1.73. The lowest BCUT2D eigenvalue weighted by molar-refractivity contribution is 0.102. The van der Waals surface area contributed by atoms with E-state index in [4.69, 9.17) is 14.2 Å². The third kappa shape index (κ3) is 2.41. The zero-order chi connectivity index (χ0) is 14.4. The van der Waals surface area contributed by atoms with E-state index in [9.17, 15) is 10.2 Å². The molecule has 0 aromatic heterocycles. The van der Waals surface area contributed by atoms with Crippen LogP contribution < -0.4 is 0 Å². The van der Waals surface area contributed by atoms with Gasteiger partial charge in [-0.25, -0.2) is 0 Å². The largest absolute Gasteiger partial charge is 0.392 e. The summed E-state index contributed by atoms with van der Waals surface area (Å²) < 4.78 is 16.9. The molecule has 1 aromatic rings. The molecule has 21 heavy (non-hydrogen) atoms. The molecule has 5 heteroatoms. The molecule has 4 rings (SSSR count). The third-order valence-corrected chi connectivity index (χ3v) is 4.32. The van der Waals surface area contributed by atoms with Crippen molar-refractivity contribution >= 4 is 6.08 Å². The van der Waals surface area contributed by atoms with Crippen LogP contribution in [0.4, 0.5) is 0 Å². The Morgan fingerprint density at radius 2 is 1.57 bits per heavy atom. The lowest BCUT2D eigenvalue weighted by Crippen LogP contribution is -2.18. The molecule has 0 amide bonds. The normalized spacial score (nSPS) is 33.5. The van der Waals surface area contributed by atoms with Crippen molar-refractivity contribution < 1.29 is 24.4 Å². The van der Waals surface area contributed by atoms with Gasteiger partial charge in [0.1, 0.15) is 24.4 Å². The molecule has 1 aromatic carbocycles. The van der Waals surface area contributed by atoms with E-state index in [0.717, 1.165) is 22.3 Å². The number of hydrogen-bond donors (Lipinski definition) is 2. The lowest BCUT2D eigenvalue weighted by atomic mass is 9.95. The summed E-state index contributed by atoms with van der Waals surface area (Å²) in [5, 5.41) is 19.1. The predicted molar refractivity (Wildman–Crippen MR) is 74.4 cm³/mol. The zero-order valence-corrected chi connectivity index (χ0v) is 11.6. The van der Waals surface area contributed by atoms with Gasteiger partial charge in [0, 0.05) is 0 Å². The Bertz CT molecular complexity index is 540. The topological polar surface area (TPSA) is 74.8 Å². The minimum Gasteiger partial charge on any atom is -0.392 e. The van der Waals surface area contributed by atoms with Crippen LogP contribution in [0.15, 0.2) is 23.8 Å². The summed E-state index contributed by atoms with van der Waals surface area (Å²) in [5.74, 6) is 0. The van der Waals surface area contributed by atoms with Crippen molar-refractivity contribution in [3.05, 3.63) is 40.5 Å². The summed E-state index contributed by atoms with van der Waals surface area (Å²) in [4.78, 5) is 0. The molecule has 3 fully saturated rings. The molecule has 3 saturated heterocycles. The van der Waals surface area contributed by atoms with Crippen molar-refractivity contribution in [2.75, 3.05) is 13.2 Å². The van der Waals surface area contributed by atoms with E-state index >= 15 is 0 Å². The van der Waals surface area contributed by atoms with Crippen LogP contribution in [0.2, 0.25) is 0 Å². The minimum atomic E-state index is -0.0556. The summed E-state index contributed by atoms with van der Waals surface area (Å²) in [7, 11) is 0. The van der Waals surface area contributed by atoms with Gasteiger partial charge in [0.05, 0.1) is 26.4 Å².